The van der Waals surface area contributed by atoms with E-state index in [1.54, 1.807) is 30.3 Å². The molecule has 0 amide bonds. The van der Waals surface area contributed by atoms with Crippen LogP contribution in [0, 0.1) is 0 Å². The van der Waals surface area contributed by atoms with Gasteiger partial charge in [0.25, 0.3) is 0 Å². The van der Waals surface area contributed by atoms with E-state index in [4.69, 9.17) is 4.74 Å². The van der Waals surface area contributed by atoms with Crippen LogP contribution in [0.4, 0.5) is 13.2 Å². The third kappa shape index (κ3) is 1.95. The molecule has 3 nitrogen and oxygen atoms in total. The molecule has 1 aliphatic heterocycles. The Bertz CT molecular complexity index is 549. The zero-order valence-corrected chi connectivity index (χ0v) is 11.0. The molecule has 1 heterocycles. The first-order valence-corrected chi connectivity index (χ1v) is 6.04. The fraction of sp³-hybridized carbons (Fsp3) is 0.357. The van der Waals surface area contributed by atoms with Gasteiger partial charge in [0.1, 0.15) is 5.76 Å². The SMILES string of the molecule is CCOC(=O)C1(C(F)(F)F)OC(c2ccccc2)=C1C. The van der Waals surface area contributed by atoms with Gasteiger partial charge >= 0.3 is 17.7 Å². The summed E-state index contributed by atoms with van der Waals surface area (Å²) >= 11 is 0. The molecular formula is C14H13F3O3. The van der Waals surface area contributed by atoms with E-state index in [1.807, 2.05) is 0 Å². The molecule has 1 aromatic carbocycles. The number of alkyl halides is 3. The van der Waals surface area contributed by atoms with Gasteiger partial charge in [-0.3, -0.25) is 0 Å². The molecule has 6 heteroatoms. The van der Waals surface area contributed by atoms with Crippen molar-refractivity contribution >= 4 is 11.7 Å². The lowest BCUT2D eigenvalue weighted by Gasteiger charge is -2.43. The first-order chi connectivity index (χ1) is 9.34. The molecule has 0 saturated carbocycles. The molecule has 20 heavy (non-hydrogen) atoms. The monoisotopic (exact) mass is 286 g/mol. The van der Waals surface area contributed by atoms with Crippen LogP contribution in [0.3, 0.4) is 0 Å². The van der Waals surface area contributed by atoms with E-state index < -0.39 is 17.7 Å². The largest absolute Gasteiger partial charge is 0.463 e. The molecule has 2 rings (SSSR count). The molecule has 0 radical (unpaired) electrons. The van der Waals surface area contributed by atoms with Crippen LogP contribution in [0.2, 0.25) is 0 Å². The van der Waals surface area contributed by atoms with Crippen molar-refractivity contribution in [2.75, 3.05) is 6.61 Å². The fourth-order valence-electron chi connectivity index (χ4n) is 2.10. The van der Waals surface area contributed by atoms with E-state index in [-0.39, 0.29) is 17.9 Å². The normalized spacial score (nSPS) is 22.1. The maximum atomic E-state index is 13.2. The smallest absolute Gasteiger partial charge is 0.443 e. The van der Waals surface area contributed by atoms with Crippen LogP contribution in [0.25, 0.3) is 5.76 Å². The number of hydrogen-bond acceptors (Lipinski definition) is 3. The van der Waals surface area contributed by atoms with Crippen LogP contribution in [-0.2, 0) is 14.3 Å². The van der Waals surface area contributed by atoms with Gasteiger partial charge in [-0.05, 0) is 13.8 Å². The van der Waals surface area contributed by atoms with Crippen molar-refractivity contribution in [1.82, 2.24) is 0 Å². The van der Waals surface area contributed by atoms with Gasteiger partial charge in [-0.15, -0.1) is 0 Å². The molecule has 0 saturated heterocycles. The molecule has 108 valence electrons. The molecule has 0 aromatic heterocycles. The van der Waals surface area contributed by atoms with Gasteiger partial charge in [-0.1, -0.05) is 30.3 Å². The van der Waals surface area contributed by atoms with Crippen molar-refractivity contribution in [2.24, 2.45) is 0 Å². The van der Waals surface area contributed by atoms with Gasteiger partial charge in [0.2, 0.25) is 0 Å². The van der Waals surface area contributed by atoms with Crippen LogP contribution in [-0.4, -0.2) is 24.4 Å². The van der Waals surface area contributed by atoms with Crippen LogP contribution in [0.5, 0.6) is 0 Å². The lowest BCUT2D eigenvalue weighted by molar-refractivity contribution is -0.258. The molecule has 1 aliphatic rings. The molecule has 0 spiro atoms. The first kappa shape index (κ1) is 14.4. The summed E-state index contributed by atoms with van der Waals surface area (Å²) in [5.41, 5.74) is -2.67. The predicted molar refractivity (Wildman–Crippen MR) is 65.5 cm³/mol. The highest BCUT2D eigenvalue weighted by molar-refractivity contribution is 5.93. The maximum Gasteiger partial charge on any atom is 0.443 e. The second-order valence-corrected chi connectivity index (χ2v) is 4.32. The lowest BCUT2D eigenvalue weighted by atomic mass is 9.85. The molecule has 1 aromatic rings. The second kappa shape index (κ2) is 4.85. The summed E-state index contributed by atoms with van der Waals surface area (Å²) in [5.74, 6) is -1.36. The van der Waals surface area contributed by atoms with Crippen LogP contribution < -0.4 is 0 Å². The Hall–Kier alpha value is -1.98. The fourth-order valence-corrected chi connectivity index (χ4v) is 2.10. The quantitative estimate of drug-likeness (QED) is 0.800. The number of hydrogen-bond donors (Lipinski definition) is 0. The number of carbonyl (C=O) groups is 1. The maximum absolute atomic E-state index is 13.2. The van der Waals surface area contributed by atoms with Crippen molar-refractivity contribution in [3.8, 4) is 0 Å². The van der Waals surface area contributed by atoms with Gasteiger partial charge < -0.3 is 9.47 Å². The van der Waals surface area contributed by atoms with Crippen LogP contribution in [0.15, 0.2) is 35.9 Å². The van der Waals surface area contributed by atoms with Crippen molar-refractivity contribution in [3.63, 3.8) is 0 Å². The summed E-state index contributed by atoms with van der Waals surface area (Å²) in [4.78, 5) is 11.7. The van der Waals surface area contributed by atoms with E-state index in [9.17, 15) is 18.0 Å². The predicted octanol–water partition coefficient (Wildman–Crippen LogP) is 3.31. The molecule has 0 bridgehead atoms. The Kier molecular flexibility index (Phi) is 3.50. The summed E-state index contributed by atoms with van der Waals surface area (Å²) in [6.45, 7) is 2.53. The number of esters is 1. The zero-order valence-electron chi connectivity index (χ0n) is 11.0. The van der Waals surface area contributed by atoms with E-state index in [2.05, 4.69) is 4.74 Å². The number of benzene rings is 1. The van der Waals surface area contributed by atoms with Gasteiger partial charge in [-0.25, -0.2) is 4.79 Å². The Morgan fingerprint density at radius 3 is 2.35 bits per heavy atom. The number of ether oxygens (including phenoxy) is 2. The Labute approximate surface area is 114 Å². The van der Waals surface area contributed by atoms with E-state index in [0.717, 1.165) is 0 Å². The minimum absolute atomic E-state index is 0.0657. The van der Waals surface area contributed by atoms with E-state index in [0.29, 0.717) is 5.56 Å². The van der Waals surface area contributed by atoms with Crippen molar-refractivity contribution < 1.29 is 27.4 Å². The van der Waals surface area contributed by atoms with E-state index >= 15 is 0 Å². The third-order valence-electron chi connectivity index (χ3n) is 3.12. The minimum Gasteiger partial charge on any atom is -0.463 e. The number of rotatable bonds is 3. The highest BCUT2D eigenvalue weighted by Gasteiger charge is 2.71. The summed E-state index contributed by atoms with van der Waals surface area (Å²) < 4.78 is 49.0. The van der Waals surface area contributed by atoms with Crippen LogP contribution >= 0.6 is 0 Å². The molecule has 1 unspecified atom stereocenters. The molecule has 1 atom stereocenters. The summed E-state index contributed by atoms with van der Waals surface area (Å²) in [5, 5.41) is 0. The number of halogens is 3. The Morgan fingerprint density at radius 2 is 1.90 bits per heavy atom. The minimum atomic E-state index is -4.86. The van der Waals surface area contributed by atoms with Gasteiger partial charge in [0, 0.05) is 11.1 Å². The number of carbonyl (C=O) groups excluding carboxylic acids is 1. The zero-order chi connectivity index (χ0) is 15.0. The van der Waals surface area contributed by atoms with Gasteiger partial charge in [-0.2, -0.15) is 13.2 Å². The molecule has 0 fully saturated rings. The van der Waals surface area contributed by atoms with Gasteiger partial charge in [0.05, 0.1) is 6.61 Å². The average Bonchev–Trinajstić information content (AvgIpc) is 2.37. The van der Waals surface area contributed by atoms with E-state index in [1.165, 1.54) is 13.8 Å². The lowest BCUT2D eigenvalue weighted by Crippen LogP contribution is -2.60. The molecule has 0 N–H and O–H groups in total. The van der Waals surface area contributed by atoms with Crippen molar-refractivity contribution in [2.45, 2.75) is 25.6 Å². The van der Waals surface area contributed by atoms with Crippen molar-refractivity contribution in [1.29, 1.82) is 0 Å². The van der Waals surface area contributed by atoms with Crippen LogP contribution in [0.1, 0.15) is 19.4 Å². The van der Waals surface area contributed by atoms with Gasteiger partial charge in [0.15, 0.2) is 0 Å². The highest BCUT2D eigenvalue weighted by Crippen LogP contribution is 2.52. The Morgan fingerprint density at radius 1 is 1.30 bits per heavy atom. The molecular weight excluding hydrogens is 273 g/mol. The summed E-state index contributed by atoms with van der Waals surface area (Å²) in [6, 6.07) is 8.32. The van der Waals surface area contributed by atoms with Crippen molar-refractivity contribution in [3.05, 3.63) is 41.5 Å². The standard InChI is InChI=1S/C14H13F3O3/c1-3-19-12(18)13(14(15,16)17)9(2)11(20-13)10-7-5-4-6-8-10/h4-8H,3H2,1-2H3. The topological polar surface area (TPSA) is 35.5 Å². The first-order valence-electron chi connectivity index (χ1n) is 6.04. The molecule has 0 aliphatic carbocycles. The highest BCUT2D eigenvalue weighted by atomic mass is 19.4. The second-order valence-electron chi connectivity index (χ2n) is 4.32. The Balaban J connectivity index is 2.45. The summed E-state index contributed by atoms with van der Waals surface area (Å²) in [7, 11) is 0. The average molecular weight is 286 g/mol. The summed E-state index contributed by atoms with van der Waals surface area (Å²) in [6.07, 6.45) is -4.86. The third-order valence-corrected chi connectivity index (χ3v) is 3.12.